The summed E-state index contributed by atoms with van der Waals surface area (Å²) < 4.78 is 10.5. The van der Waals surface area contributed by atoms with Crippen LogP contribution in [0.5, 0.6) is 11.5 Å². The Hall–Kier alpha value is -2.69. The molecule has 0 saturated carbocycles. The van der Waals surface area contributed by atoms with E-state index in [1.807, 2.05) is 38.1 Å². The lowest BCUT2D eigenvalue weighted by atomic mass is 10.2. The Labute approximate surface area is 129 Å². The molecule has 1 unspecified atom stereocenters. The first-order chi connectivity index (χ1) is 10.6. The lowest BCUT2D eigenvalue weighted by Crippen LogP contribution is -2.31. The number of aryl methyl sites for hydroxylation is 1. The number of nitrogens with one attached hydrogen (secondary N) is 2. The summed E-state index contributed by atoms with van der Waals surface area (Å²) in [5.41, 5.74) is 2.76. The predicted molar refractivity (Wildman–Crippen MR) is 85.5 cm³/mol. The van der Waals surface area contributed by atoms with E-state index in [9.17, 15) is 4.79 Å². The van der Waals surface area contributed by atoms with E-state index in [1.54, 1.807) is 18.2 Å². The Balaban J connectivity index is 1.64. The number of carbonyl (C=O) groups excluding carboxylic acids is 1. The minimum Gasteiger partial charge on any atom is -0.454 e. The number of benzene rings is 2. The molecule has 0 radical (unpaired) electrons. The van der Waals surface area contributed by atoms with Crippen molar-refractivity contribution in [1.29, 1.82) is 0 Å². The Kier molecular flexibility index (Phi) is 3.87. The minimum atomic E-state index is -0.354. The van der Waals surface area contributed by atoms with Crippen LogP contribution in [0.15, 0.2) is 42.5 Å². The van der Waals surface area contributed by atoms with E-state index in [1.165, 1.54) is 0 Å². The van der Waals surface area contributed by atoms with Gasteiger partial charge >= 0.3 is 0 Å². The summed E-state index contributed by atoms with van der Waals surface area (Å²) in [5.74, 6) is 1.24. The summed E-state index contributed by atoms with van der Waals surface area (Å²) in [4.78, 5) is 12.3. The van der Waals surface area contributed by atoms with Crippen molar-refractivity contribution in [1.82, 2.24) is 0 Å². The van der Waals surface area contributed by atoms with Gasteiger partial charge in [0.25, 0.3) is 0 Å². The maximum atomic E-state index is 12.3. The quantitative estimate of drug-likeness (QED) is 0.910. The molecule has 2 aromatic carbocycles. The zero-order valence-electron chi connectivity index (χ0n) is 12.6. The van der Waals surface area contributed by atoms with Crippen molar-refractivity contribution in [3.05, 3.63) is 48.0 Å². The number of rotatable bonds is 4. The van der Waals surface area contributed by atoms with Crippen LogP contribution in [-0.2, 0) is 4.79 Å². The summed E-state index contributed by atoms with van der Waals surface area (Å²) in [5, 5.41) is 6.06. The fourth-order valence-corrected chi connectivity index (χ4v) is 2.28. The standard InChI is InChI=1S/C17H18N2O3/c1-11-4-3-5-13(8-11)18-12(2)17(20)19-14-6-7-15-16(9-14)22-10-21-15/h3-9,12,18H,10H2,1-2H3,(H,19,20). The summed E-state index contributed by atoms with van der Waals surface area (Å²) in [6.45, 7) is 4.06. The van der Waals surface area contributed by atoms with Gasteiger partial charge in [-0.05, 0) is 43.7 Å². The number of hydrogen-bond acceptors (Lipinski definition) is 4. The molecule has 2 N–H and O–H groups in total. The molecular formula is C17H18N2O3. The van der Waals surface area contributed by atoms with E-state index in [-0.39, 0.29) is 18.7 Å². The molecule has 2 aromatic rings. The third kappa shape index (κ3) is 3.14. The Bertz CT molecular complexity index is 700. The molecule has 1 amide bonds. The van der Waals surface area contributed by atoms with Crippen molar-refractivity contribution in [3.8, 4) is 11.5 Å². The smallest absolute Gasteiger partial charge is 0.246 e. The Morgan fingerprint density at radius 3 is 2.73 bits per heavy atom. The molecule has 0 bridgehead atoms. The van der Waals surface area contributed by atoms with Crippen LogP contribution < -0.4 is 20.1 Å². The van der Waals surface area contributed by atoms with Crippen LogP contribution in [0.25, 0.3) is 0 Å². The van der Waals surface area contributed by atoms with Crippen LogP contribution in [0.1, 0.15) is 12.5 Å². The molecular weight excluding hydrogens is 280 g/mol. The van der Waals surface area contributed by atoms with Gasteiger partial charge < -0.3 is 20.1 Å². The molecule has 1 atom stereocenters. The molecule has 1 aliphatic rings. The average molecular weight is 298 g/mol. The van der Waals surface area contributed by atoms with Crippen LogP contribution >= 0.6 is 0 Å². The summed E-state index contributed by atoms with van der Waals surface area (Å²) >= 11 is 0. The van der Waals surface area contributed by atoms with Crippen molar-refractivity contribution in [2.45, 2.75) is 19.9 Å². The molecule has 5 heteroatoms. The second-order valence-corrected chi connectivity index (χ2v) is 5.29. The largest absolute Gasteiger partial charge is 0.454 e. The van der Waals surface area contributed by atoms with Crippen LogP contribution in [0.2, 0.25) is 0 Å². The molecule has 3 rings (SSSR count). The van der Waals surface area contributed by atoms with Gasteiger partial charge in [-0.1, -0.05) is 12.1 Å². The monoisotopic (exact) mass is 298 g/mol. The highest BCUT2D eigenvalue weighted by molar-refractivity contribution is 5.96. The topological polar surface area (TPSA) is 59.6 Å². The molecule has 114 valence electrons. The second-order valence-electron chi connectivity index (χ2n) is 5.29. The number of fused-ring (bicyclic) bond motifs is 1. The number of anilines is 2. The number of hydrogen-bond donors (Lipinski definition) is 2. The van der Waals surface area contributed by atoms with Crippen LogP contribution in [-0.4, -0.2) is 18.7 Å². The van der Waals surface area contributed by atoms with Gasteiger partial charge in [-0.3, -0.25) is 4.79 Å². The highest BCUT2D eigenvalue weighted by Gasteiger charge is 2.16. The predicted octanol–water partition coefficient (Wildman–Crippen LogP) is 3.16. The van der Waals surface area contributed by atoms with E-state index in [4.69, 9.17) is 9.47 Å². The molecule has 0 spiro atoms. The minimum absolute atomic E-state index is 0.111. The van der Waals surface area contributed by atoms with Crippen molar-refractivity contribution < 1.29 is 14.3 Å². The molecule has 0 fully saturated rings. The first kappa shape index (κ1) is 14.3. The van der Waals surface area contributed by atoms with Crippen molar-refractivity contribution in [2.75, 3.05) is 17.4 Å². The number of amides is 1. The molecule has 1 aliphatic heterocycles. The zero-order chi connectivity index (χ0) is 15.5. The van der Waals surface area contributed by atoms with Crippen molar-refractivity contribution >= 4 is 17.3 Å². The van der Waals surface area contributed by atoms with Crippen molar-refractivity contribution in [2.24, 2.45) is 0 Å². The van der Waals surface area contributed by atoms with E-state index in [0.29, 0.717) is 17.2 Å². The summed E-state index contributed by atoms with van der Waals surface area (Å²) in [6.07, 6.45) is 0. The van der Waals surface area contributed by atoms with E-state index in [2.05, 4.69) is 10.6 Å². The second kappa shape index (κ2) is 5.97. The number of carbonyl (C=O) groups is 1. The molecule has 22 heavy (non-hydrogen) atoms. The lowest BCUT2D eigenvalue weighted by molar-refractivity contribution is -0.116. The van der Waals surface area contributed by atoms with Crippen LogP contribution in [0, 0.1) is 6.92 Å². The summed E-state index contributed by atoms with van der Waals surface area (Å²) in [6, 6.07) is 12.9. The first-order valence-electron chi connectivity index (χ1n) is 7.15. The van der Waals surface area contributed by atoms with Gasteiger partial charge in [0.15, 0.2) is 11.5 Å². The maximum Gasteiger partial charge on any atom is 0.246 e. The van der Waals surface area contributed by atoms with Gasteiger partial charge in [-0.2, -0.15) is 0 Å². The third-order valence-electron chi connectivity index (χ3n) is 3.43. The van der Waals surface area contributed by atoms with Crippen molar-refractivity contribution in [3.63, 3.8) is 0 Å². The highest BCUT2D eigenvalue weighted by atomic mass is 16.7. The van der Waals surface area contributed by atoms with Gasteiger partial charge in [-0.15, -0.1) is 0 Å². The normalized spacial score (nSPS) is 13.5. The SMILES string of the molecule is Cc1cccc(NC(C)C(=O)Nc2ccc3c(c2)OCO3)c1. The Morgan fingerprint density at radius 2 is 1.91 bits per heavy atom. The first-order valence-corrected chi connectivity index (χ1v) is 7.15. The third-order valence-corrected chi connectivity index (χ3v) is 3.43. The van der Waals surface area contributed by atoms with E-state index in [0.717, 1.165) is 11.3 Å². The van der Waals surface area contributed by atoms with Gasteiger partial charge in [0.1, 0.15) is 6.04 Å². The maximum absolute atomic E-state index is 12.3. The zero-order valence-corrected chi connectivity index (χ0v) is 12.6. The molecule has 5 nitrogen and oxygen atoms in total. The highest BCUT2D eigenvalue weighted by Crippen LogP contribution is 2.34. The van der Waals surface area contributed by atoms with Gasteiger partial charge in [0.05, 0.1) is 0 Å². The molecule has 0 aromatic heterocycles. The van der Waals surface area contributed by atoms with Gasteiger partial charge in [0, 0.05) is 17.4 Å². The average Bonchev–Trinajstić information content (AvgIpc) is 2.94. The molecule has 1 heterocycles. The summed E-state index contributed by atoms with van der Waals surface area (Å²) in [7, 11) is 0. The van der Waals surface area contributed by atoms with Crippen LogP contribution in [0.4, 0.5) is 11.4 Å². The van der Waals surface area contributed by atoms with E-state index >= 15 is 0 Å². The van der Waals surface area contributed by atoms with Gasteiger partial charge in [0.2, 0.25) is 12.7 Å². The van der Waals surface area contributed by atoms with Gasteiger partial charge in [-0.25, -0.2) is 0 Å². The molecule has 0 aliphatic carbocycles. The molecule has 0 saturated heterocycles. The Morgan fingerprint density at radius 1 is 1.09 bits per heavy atom. The van der Waals surface area contributed by atoms with E-state index < -0.39 is 0 Å². The fraction of sp³-hybridized carbons (Fsp3) is 0.235. The fourth-order valence-electron chi connectivity index (χ4n) is 2.28. The number of ether oxygens (including phenoxy) is 2. The lowest BCUT2D eigenvalue weighted by Gasteiger charge is -2.15. The van der Waals surface area contributed by atoms with Crippen LogP contribution in [0.3, 0.4) is 0 Å².